The number of rotatable bonds is 10. The van der Waals surface area contributed by atoms with Gasteiger partial charge in [0, 0.05) is 39.0 Å². The molecule has 0 radical (unpaired) electrons. The van der Waals surface area contributed by atoms with Crippen LogP contribution in [0.1, 0.15) is 29.6 Å². The van der Waals surface area contributed by atoms with Gasteiger partial charge in [-0.15, -0.1) is 0 Å². The summed E-state index contributed by atoms with van der Waals surface area (Å²) in [4.78, 5) is 45.4. The van der Waals surface area contributed by atoms with Gasteiger partial charge in [0.05, 0.1) is 20.9 Å². The number of nitrogens with zero attached hydrogens (tertiary/aromatic N) is 3. The zero-order valence-corrected chi connectivity index (χ0v) is 22.3. The van der Waals surface area contributed by atoms with Crippen LogP contribution in [0.2, 0.25) is 0 Å². The fraction of sp³-hybridized carbons (Fsp3) is 0.464. The van der Waals surface area contributed by atoms with Crippen LogP contribution in [0.25, 0.3) is 0 Å². The standard InChI is InChI=1S/C28H36N4O6/c1-36-18-8-15-29-24(33)19-31-20-32(21-9-5-4-6-10-21)28(27(31)35)13-16-30(17-14-28)26(34)25-22(37-2)11-7-12-23(25)38-3/h4-7,9-12H,8,13-20H2,1-3H3,(H,29,33). The Morgan fingerprint density at radius 3 is 2.21 bits per heavy atom. The number of carbonyl (C=O) groups is 3. The van der Waals surface area contributed by atoms with Crippen LogP contribution >= 0.6 is 0 Å². The average molecular weight is 525 g/mol. The van der Waals surface area contributed by atoms with E-state index < -0.39 is 5.54 Å². The molecule has 1 N–H and O–H groups in total. The Morgan fingerprint density at radius 2 is 1.61 bits per heavy atom. The molecule has 3 amide bonds. The summed E-state index contributed by atoms with van der Waals surface area (Å²) >= 11 is 0. The molecule has 38 heavy (non-hydrogen) atoms. The summed E-state index contributed by atoms with van der Waals surface area (Å²) in [5.41, 5.74) is 0.451. The highest BCUT2D eigenvalue weighted by Crippen LogP contribution is 2.40. The summed E-state index contributed by atoms with van der Waals surface area (Å²) in [7, 11) is 4.66. The monoisotopic (exact) mass is 524 g/mol. The number of amides is 3. The first-order valence-corrected chi connectivity index (χ1v) is 12.8. The van der Waals surface area contributed by atoms with Crippen molar-refractivity contribution in [1.29, 1.82) is 0 Å². The zero-order valence-electron chi connectivity index (χ0n) is 22.3. The van der Waals surface area contributed by atoms with Crippen LogP contribution in [0, 0.1) is 0 Å². The van der Waals surface area contributed by atoms with Crippen molar-refractivity contribution in [2.75, 3.05) is 65.7 Å². The number of hydrogen-bond acceptors (Lipinski definition) is 7. The first-order valence-electron chi connectivity index (χ1n) is 12.8. The normalized spacial score (nSPS) is 16.6. The number of carbonyl (C=O) groups excluding carboxylic acids is 3. The molecule has 1 spiro atoms. The molecule has 2 heterocycles. The Labute approximate surface area is 223 Å². The minimum atomic E-state index is -0.834. The number of likely N-dealkylation sites (tertiary alicyclic amines) is 1. The predicted octanol–water partition coefficient (Wildman–Crippen LogP) is 2.14. The zero-order chi connectivity index (χ0) is 27.1. The maximum Gasteiger partial charge on any atom is 0.261 e. The molecule has 0 bridgehead atoms. The van der Waals surface area contributed by atoms with Crippen molar-refractivity contribution in [2.24, 2.45) is 0 Å². The lowest BCUT2D eigenvalue weighted by atomic mass is 9.85. The molecule has 10 nitrogen and oxygen atoms in total. The largest absolute Gasteiger partial charge is 0.496 e. The second-order valence-corrected chi connectivity index (χ2v) is 9.47. The van der Waals surface area contributed by atoms with Gasteiger partial charge in [0.15, 0.2) is 0 Å². The maximum atomic E-state index is 13.9. The molecule has 0 unspecified atom stereocenters. The number of para-hydroxylation sites is 1. The van der Waals surface area contributed by atoms with Crippen LogP contribution in [0.5, 0.6) is 11.5 Å². The number of ether oxygens (including phenoxy) is 3. The quantitative estimate of drug-likeness (QED) is 0.476. The summed E-state index contributed by atoms with van der Waals surface area (Å²) < 4.78 is 15.9. The van der Waals surface area contributed by atoms with Crippen molar-refractivity contribution in [3.05, 3.63) is 54.1 Å². The summed E-state index contributed by atoms with van der Waals surface area (Å²) in [5.74, 6) is 0.407. The summed E-state index contributed by atoms with van der Waals surface area (Å²) in [6, 6.07) is 15.0. The Balaban J connectivity index is 1.52. The van der Waals surface area contributed by atoms with Crippen molar-refractivity contribution in [3.63, 3.8) is 0 Å². The van der Waals surface area contributed by atoms with E-state index >= 15 is 0 Å². The second kappa shape index (κ2) is 12.2. The molecule has 0 aromatic heterocycles. The van der Waals surface area contributed by atoms with Crippen molar-refractivity contribution in [1.82, 2.24) is 15.1 Å². The molecule has 2 aliphatic rings. The van der Waals surface area contributed by atoms with Crippen LogP contribution in [0.4, 0.5) is 5.69 Å². The smallest absolute Gasteiger partial charge is 0.261 e. The van der Waals surface area contributed by atoms with Gasteiger partial charge in [-0.1, -0.05) is 24.3 Å². The van der Waals surface area contributed by atoms with E-state index in [0.29, 0.717) is 69.2 Å². The fourth-order valence-corrected chi connectivity index (χ4v) is 5.30. The predicted molar refractivity (Wildman–Crippen MR) is 142 cm³/mol. The second-order valence-electron chi connectivity index (χ2n) is 9.47. The number of nitrogens with one attached hydrogen (secondary N) is 1. The van der Waals surface area contributed by atoms with Crippen LogP contribution in [0.15, 0.2) is 48.5 Å². The lowest BCUT2D eigenvalue weighted by molar-refractivity contribution is -0.137. The fourth-order valence-electron chi connectivity index (χ4n) is 5.30. The first kappa shape index (κ1) is 27.3. The van der Waals surface area contributed by atoms with Crippen molar-refractivity contribution < 1.29 is 28.6 Å². The van der Waals surface area contributed by atoms with Gasteiger partial charge in [-0.2, -0.15) is 0 Å². The molecular weight excluding hydrogens is 488 g/mol. The molecule has 204 valence electrons. The number of anilines is 1. The highest BCUT2D eigenvalue weighted by atomic mass is 16.5. The van der Waals surface area contributed by atoms with Crippen LogP contribution in [-0.4, -0.2) is 93.8 Å². The topological polar surface area (TPSA) is 101 Å². The third-order valence-electron chi connectivity index (χ3n) is 7.28. The van der Waals surface area contributed by atoms with Crippen molar-refractivity contribution in [2.45, 2.75) is 24.8 Å². The maximum absolute atomic E-state index is 13.9. The Kier molecular flexibility index (Phi) is 8.73. The molecule has 2 aromatic carbocycles. The molecular formula is C28H36N4O6. The van der Waals surface area contributed by atoms with Gasteiger partial charge in [0.1, 0.15) is 29.1 Å². The van der Waals surface area contributed by atoms with E-state index in [0.717, 1.165) is 5.69 Å². The molecule has 0 atom stereocenters. The van der Waals surface area contributed by atoms with Crippen LogP contribution < -0.4 is 19.7 Å². The highest BCUT2D eigenvalue weighted by Gasteiger charge is 2.54. The van der Waals surface area contributed by atoms with E-state index in [1.165, 1.54) is 14.2 Å². The van der Waals surface area contributed by atoms with Gasteiger partial charge in [-0.3, -0.25) is 14.4 Å². The van der Waals surface area contributed by atoms with E-state index in [4.69, 9.17) is 14.2 Å². The van der Waals surface area contributed by atoms with Crippen LogP contribution in [0.3, 0.4) is 0 Å². The first-order chi connectivity index (χ1) is 18.4. The van der Waals surface area contributed by atoms with E-state index in [-0.39, 0.29) is 24.3 Å². The van der Waals surface area contributed by atoms with E-state index in [2.05, 4.69) is 10.2 Å². The molecule has 2 fully saturated rings. The van der Waals surface area contributed by atoms with Gasteiger partial charge in [0.2, 0.25) is 5.91 Å². The molecule has 0 aliphatic carbocycles. The SMILES string of the molecule is COCCCNC(=O)CN1CN(c2ccccc2)C2(CCN(C(=O)c3c(OC)cccc3OC)CC2)C1=O. The number of benzene rings is 2. The van der Waals surface area contributed by atoms with Gasteiger partial charge in [-0.25, -0.2) is 0 Å². The van der Waals surface area contributed by atoms with E-state index in [9.17, 15) is 14.4 Å². The van der Waals surface area contributed by atoms with Gasteiger partial charge < -0.3 is 34.2 Å². The van der Waals surface area contributed by atoms with E-state index in [1.807, 2.05) is 30.3 Å². The van der Waals surface area contributed by atoms with Crippen molar-refractivity contribution in [3.8, 4) is 11.5 Å². The highest BCUT2D eigenvalue weighted by molar-refractivity contribution is 6.00. The summed E-state index contributed by atoms with van der Waals surface area (Å²) in [5, 5.41) is 2.86. The molecule has 10 heteroatoms. The lowest BCUT2D eigenvalue weighted by Crippen LogP contribution is -2.57. The van der Waals surface area contributed by atoms with Gasteiger partial charge >= 0.3 is 0 Å². The number of piperidine rings is 1. The molecule has 2 saturated heterocycles. The minimum absolute atomic E-state index is 0.0159. The Hall–Kier alpha value is -3.79. The summed E-state index contributed by atoms with van der Waals surface area (Å²) in [6.07, 6.45) is 1.59. The third-order valence-corrected chi connectivity index (χ3v) is 7.28. The Bertz CT molecular complexity index is 1110. The van der Waals surface area contributed by atoms with Gasteiger partial charge in [0.25, 0.3) is 11.8 Å². The van der Waals surface area contributed by atoms with E-state index in [1.54, 1.807) is 35.1 Å². The molecule has 4 rings (SSSR count). The number of methoxy groups -OCH3 is 3. The molecule has 0 saturated carbocycles. The minimum Gasteiger partial charge on any atom is -0.496 e. The molecule has 2 aliphatic heterocycles. The molecule has 2 aromatic rings. The number of hydrogen-bond donors (Lipinski definition) is 1. The summed E-state index contributed by atoms with van der Waals surface area (Å²) in [6.45, 7) is 2.11. The Morgan fingerprint density at radius 1 is 0.947 bits per heavy atom. The van der Waals surface area contributed by atoms with Crippen molar-refractivity contribution >= 4 is 23.4 Å². The van der Waals surface area contributed by atoms with Gasteiger partial charge in [-0.05, 0) is 43.5 Å². The average Bonchev–Trinajstić information content (AvgIpc) is 3.21. The lowest BCUT2D eigenvalue weighted by Gasteiger charge is -2.43. The third kappa shape index (κ3) is 5.40. The van der Waals surface area contributed by atoms with Crippen LogP contribution in [-0.2, 0) is 14.3 Å².